The summed E-state index contributed by atoms with van der Waals surface area (Å²) in [6.07, 6.45) is 1.04. The number of ether oxygens (including phenoxy) is 1. The van der Waals surface area contributed by atoms with E-state index < -0.39 is 27.9 Å². The predicted molar refractivity (Wildman–Crippen MR) is 109 cm³/mol. The lowest BCUT2D eigenvalue weighted by atomic mass is 10.1. The van der Waals surface area contributed by atoms with Crippen LogP contribution in [-0.4, -0.2) is 39.2 Å². The highest BCUT2D eigenvalue weighted by Gasteiger charge is 2.29. The Morgan fingerprint density at radius 1 is 1.11 bits per heavy atom. The van der Waals surface area contributed by atoms with Gasteiger partial charge in [0, 0.05) is 0 Å². The van der Waals surface area contributed by atoms with Gasteiger partial charge in [0.2, 0.25) is 15.9 Å². The van der Waals surface area contributed by atoms with Crippen LogP contribution in [0.25, 0.3) is 0 Å². The molecule has 1 amide bonds. The fourth-order valence-electron chi connectivity index (χ4n) is 2.72. The summed E-state index contributed by atoms with van der Waals surface area (Å²) in [7, 11) is -3.72. The van der Waals surface area contributed by atoms with Gasteiger partial charge in [0.05, 0.1) is 29.8 Å². The first-order valence-corrected chi connectivity index (χ1v) is 10.6. The maximum Gasteiger partial charge on any atom is 0.340 e. The van der Waals surface area contributed by atoms with E-state index in [4.69, 9.17) is 4.74 Å². The zero-order chi connectivity index (χ0) is 20.9. The van der Waals surface area contributed by atoms with Gasteiger partial charge >= 0.3 is 5.97 Å². The van der Waals surface area contributed by atoms with Crippen LogP contribution in [0.1, 0.15) is 29.8 Å². The summed E-state index contributed by atoms with van der Waals surface area (Å²) in [6, 6.07) is 12.2. The standard InChI is InChI=1S/C20H24N2O5S/c1-5-27-20(24)17-8-6-7-9-18(17)21-19(23)15(3)22(28(4,25)26)16-12-10-14(2)11-13-16/h6-13,15H,5H2,1-4H3,(H,21,23). The average Bonchev–Trinajstić information content (AvgIpc) is 2.63. The van der Waals surface area contributed by atoms with Crippen molar-refractivity contribution in [2.24, 2.45) is 0 Å². The molecule has 1 atom stereocenters. The fourth-order valence-corrected chi connectivity index (χ4v) is 3.89. The van der Waals surface area contributed by atoms with Crippen LogP contribution in [-0.2, 0) is 19.6 Å². The van der Waals surface area contributed by atoms with E-state index in [9.17, 15) is 18.0 Å². The zero-order valence-electron chi connectivity index (χ0n) is 16.3. The smallest absolute Gasteiger partial charge is 0.340 e. The van der Waals surface area contributed by atoms with Gasteiger partial charge in [-0.15, -0.1) is 0 Å². The van der Waals surface area contributed by atoms with Crippen molar-refractivity contribution in [2.75, 3.05) is 22.5 Å². The van der Waals surface area contributed by atoms with E-state index in [1.54, 1.807) is 49.4 Å². The summed E-state index contributed by atoms with van der Waals surface area (Å²) in [5, 5.41) is 2.64. The maximum atomic E-state index is 12.8. The third-order valence-corrected chi connectivity index (χ3v) is 5.30. The highest BCUT2D eigenvalue weighted by molar-refractivity contribution is 7.92. The molecule has 7 nitrogen and oxygen atoms in total. The van der Waals surface area contributed by atoms with Crippen molar-refractivity contribution in [3.8, 4) is 0 Å². The molecule has 1 N–H and O–H groups in total. The Kier molecular flexibility index (Phi) is 6.80. The van der Waals surface area contributed by atoms with Crippen molar-refractivity contribution in [1.82, 2.24) is 0 Å². The number of aryl methyl sites for hydroxylation is 1. The predicted octanol–water partition coefficient (Wildman–Crippen LogP) is 2.96. The molecule has 2 aromatic rings. The minimum Gasteiger partial charge on any atom is -0.462 e. The van der Waals surface area contributed by atoms with E-state index >= 15 is 0 Å². The molecule has 0 heterocycles. The number of carbonyl (C=O) groups is 2. The number of hydrogen-bond donors (Lipinski definition) is 1. The van der Waals surface area contributed by atoms with Crippen LogP contribution in [0.2, 0.25) is 0 Å². The van der Waals surface area contributed by atoms with Crippen LogP contribution in [0.15, 0.2) is 48.5 Å². The van der Waals surface area contributed by atoms with Gasteiger partial charge < -0.3 is 10.1 Å². The van der Waals surface area contributed by atoms with Gasteiger partial charge in [0.25, 0.3) is 0 Å². The van der Waals surface area contributed by atoms with Gasteiger partial charge in [-0.1, -0.05) is 29.8 Å². The number of esters is 1. The van der Waals surface area contributed by atoms with Crippen molar-refractivity contribution in [2.45, 2.75) is 26.8 Å². The zero-order valence-corrected chi connectivity index (χ0v) is 17.1. The van der Waals surface area contributed by atoms with Crippen molar-refractivity contribution in [3.63, 3.8) is 0 Å². The molecule has 0 saturated carbocycles. The monoisotopic (exact) mass is 404 g/mol. The Bertz CT molecular complexity index is 955. The molecule has 0 spiro atoms. The molecule has 0 bridgehead atoms. The van der Waals surface area contributed by atoms with Crippen molar-refractivity contribution < 1.29 is 22.7 Å². The lowest BCUT2D eigenvalue weighted by Crippen LogP contribution is -2.45. The van der Waals surface area contributed by atoms with Crippen LogP contribution in [0.5, 0.6) is 0 Å². The Labute approximate surface area is 165 Å². The fraction of sp³-hybridized carbons (Fsp3) is 0.300. The topological polar surface area (TPSA) is 92.8 Å². The van der Waals surface area contributed by atoms with Crippen molar-refractivity contribution >= 4 is 33.3 Å². The average molecular weight is 404 g/mol. The summed E-state index contributed by atoms with van der Waals surface area (Å²) in [5.41, 5.74) is 1.81. The summed E-state index contributed by atoms with van der Waals surface area (Å²) >= 11 is 0. The number of nitrogens with one attached hydrogen (secondary N) is 1. The summed E-state index contributed by atoms with van der Waals surface area (Å²) < 4.78 is 30.7. The molecule has 28 heavy (non-hydrogen) atoms. The molecule has 1 unspecified atom stereocenters. The third kappa shape index (κ3) is 5.10. The molecule has 150 valence electrons. The van der Waals surface area contributed by atoms with Gasteiger partial charge in [0.15, 0.2) is 0 Å². The molecule has 0 aromatic heterocycles. The Hall–Kier alpha value is -2.87. The highest BCUT2D eigenvalue weighted by atomic mass is 32.2. The first-order chi connectivity index (χ1) is 13.1. The Morgan fingerprint density at radius 3 is 2.29 bits per heavy atom. The molecular formula is C20H24N2O5S. The maximum absolute atomic E-state index is 12.8. The number of sulfonamides is 1. The second-order valence-corrected chi connectivity index (χ2v) is 8.19. The second-order valence-electron chi connectivity index (χ2n) is 6.33. The number of anilines is 2. The van der Waals surface area contributed by atoms with Crippen LogP contribution in [0.4, 0.5) is 11.4 Å². The van der Waals surface area contributed by atoms with Crippen LogP contribution >= 0.6 is 0 Å². The Morgan fingerprint density at radius 2 is 1.71 bits per heavy atom. The summed E-state index contributed by atoms with van der Waals surface area (Å²) in [5.74, 6) is -1.13. The minimum atomic E-state index is -3.72. The van der Waals surface area contributed by atoms with Crippen molar-refractivity contribution in [3.05, 3.63) is 59.7 Å². The lowest BCUT2D eigenvalue weighted by Gasteiger charge is -2.28. The van der Waals surface area contributed by atoms with Crippen LogP contribution in [0, 0.1) is 6.92 Å². The molecule has 0 saturated heterocycles. The van der Waals surface area contributed by atoms with E-state index in [0.717, 1.165) is 16.1 Å². The summed E-state index contributed by atoms with van der Waals surface area (Å²) in [4.78, 5) is 24.9. The molecule has 0 radical (unpaired) electrons. The van der Waals surface area contributed by atoms with Gasteiger partial charge in [-0.2, -0.15) is 0 Å². The molecular weight excluding hydrogens is 380 g/mol. The molecule has 0 aliphatic heterocycles. The molecule has 0 aliphatic rings. The molecule has 8 heteroatoms. The highest BCUT2D eigenvalue weighted by Crippen LogP contribution is 2.23. The largest absolute Gasteiger partial charge is 0.462 e. The number of rotatable bonds is 7. The van der Waals surface area contributed by atoms with Gasteiger partial charge in [-0.05, 0) is 45.0 Å². The number of carbonyl (C=O) groups excluding carboxylic acids is 2. The number of benzene rings is 2. The number of para-hydroxylation sites is 1. The van der Waals surface area contributed by atoms with E-state index in [1.165, 1.54) is 13.0 Å². The van der Waals surface area contributed by atoms with Crippen molar-refractivity contribution in [1.29, 1.82) is 0 Å². The van der Waals surface area contributed by atoms with E-state index in [-0.39, 0.29) is 17.9 Å². The molecule has 2 aromatic carbocycles. The number of nitrogens with zero attached hydrogens (tertiary/aromatic N) is 1. The minimum absolute atomic E-state index is 0.200. The molecule has 0 aliphatic carbocycles. The quantitative estimate of drug-likeness (QED) is 0.716. The third-order valence-electron chi connectivity index (χ3n) is 4.06. The van der Waals surface area contributed by atoms with Crippen LogP contribution in [0.3, 0.4) is 0 Å². The number of amides is 1. The van der Waals surface area contributed by atoms with E-state index in [1.807, 2.05) is 6.92 Å². The summed E-state index contributed by atoms with van der Waals surface area (Å²) in [6.45, 7) is 5.26. The normalized spacial score (nSPS) is 12.1. The number of hydrogen-bond acceptors (Lipinski definition) is 5. The van der Waals surface area contributed by atoms with Gasteiger partial charge in [0.1, 0.15) is 6.04 Å². The molecule has 2 rings (SSSR count). The van der Waals surface area contributed by atoms with Crippen LogP contribution < -0.4 is 9.62 Å². The molecule has 0 fully saturated rings. The lowest BCUT2D eigenvalue weighted by molar-refractivity contribution is -0.116. The Balaban J connectivity index is 2.32. The van der Waals surface area contributed by atoms with Gasteiger partial charge in [-0.25, -0.2) is 13.2 Å². The first-order valence-electron chi connectivity index (χ1n) is 8.78. The first kappa shape index (κ1) is 21.4. The van der Waals surface area contributed by atoms with E-state index in [2.05, 4.69) is 5.32 Å². The van der Waals surface area contributed by atoms with E-state index in [0.29, 0.717) is 5.69 Å². The SMILES string of the molecule is CCOC(=O)c1ccccc1NC(=O)C(C)N(c1ccc(C)cc1)S(C)(=O)=O. The van der Waals surface area contributed by atoms with Gasteiger partial charge in [-0.3, -0.25) is 9.10 Å². The second kappa shape index (κ2) is 8.88.